The number of hydrogen-bond donors (Lipinski definition) is 4. The molecule has 7 nitrogen and oxygen atoms in total. The summed E-state index contributed by atoms with van der Waals surface area (Å²) in [4.78, 5) is 11.1. The minimum atomic E-state index is -1.19. The van der Waals surface area contributed by atoms with Crippen LogP contribution in [0.3, 0.4) is 0 Å². The molecule has 1 aromatic rings. The van der Waals surface area contributed by atoms with Crippen molar-refractivity contribution in [3.05, 3.63) is 29.3 Å². The predicted octanol–water partition coefficient (Wildman–Crippen LogP) is 0.363. The highest BCUT2D eigenvalue weighted by Gasteiger charge is 2.37. The Bertz CT molecular complexity index is 581. The van der Waals surface area contributed by atoms with Crippen LogP contribution in [0, 0.1) is 5.41 Å². The van der Waals surface area contributed by atoms with E-state index in [-0.39, 0.29) is 16.4 Å². The molecule has 0 bridgehead atoms. The van der Waals surface area contributed by atoms with Crippen molar-refractivity contribution < 1.29 is 19.6 Å². The van der Waals surface area contributed by atoms with Gasteiger partial charge in [0.1, 0.15) is 10.8 Å². The van der Waals surface area contributed by atoms with Gasteiger partial charge in [0.2, 0.25) is 0 Å². The molecule has 0 fully saturated rings. The van der Waals surface area contributed by atoms with E-state index >= 15 is 0 Å². The zero-order valence-corrected chi connectivity index (χ0v) is 11.1. The van der Waals surface area contributed by atoms with Crippen molar-refractivity contribution >= 4 is 36.1 Å². The SMILES string of the molecule is N=C/C(=N/N)SC1Cc2cccc(C(=O)O)c2OB1O. The molecule has 104 valence electrons. The molecule has 1 aromatic carbocycles. The molecule has 1 atom stereocenters. The average molecular weight is 293 g/mol. The molecule has 0 aliphatic carbocycles. The zero-order chi connectivity index (χ0) is 14.7. The molecular formula is C11H12BN3O4S. The highest BCUT2D eigenvalue weighted by molar-refractivity contribution is 8.17. The van der Waals surface area contributed by atoms with Gasteiger partial charge in [0, 0.05) is 0 Å². The predicted molar refractivity (Wildman–Crippen MR) is 77.5 cm³/mol. The summed E-state index contributed by atoms with van der Waals surface area (Å²) in [7, 11) is -1.19. The number of para-hydroxylation sites is 1. The van der Waals surface area contributed by atoms with Crippen molar-refractivity contribution in [1.29, 1.82) is 5.41 Å². The quantitative estimate of drug-likeness (QED) is 0.209. The van der Waals surface area contributed by atoms with Crippen molar-refractivity contribution in [1.82, 2.24) is 0 Å². The summed E-state index contributed by atoms with van der Waals surface area (Å²) in [6.07, 6.45) is 1.38. The molecule has 2 rings (SSSR count). The van der Waals surface area contributed by atoms with E-state index < -0.39 is 18.2 Å². The standard InChI is InChI=1S/C11H12BN3O4S/c13-5-9(15-14)20-8-4-6-2-1-3-7(11(16)17)10(6)19-12(8)18/h1-3,5,8,13,18H,4,14H2,(H,16,17)/b13-5?,15-9-. The lowest BCUT2D eigenvalue weighted by atomic mass is 9.77. The normalized spacial score (nSPS) is 18.1. The molecule has 0 saturated carbocycles. The minimum Gasteiger partial charge on any atom is -0.535 e. The van der Waals surface area contributed by atoms with Crippen molar-refractivity contribution in [2.75, 3.05) is 0 Å². The topological polar surface area (TPSA) is 129 Å². The first-order valence-corrected chi connectivity index (χ1v) is 6.59. The number of nitrogens with zero attached hydrogens (tertiary/aromatic N) is 1. The lowest BCUT2D eigenvalue weighted by Gasteiger charge is -2.27. The second kappa shape index (κ2) is 5.97. The molecule has 0 aromatic heterocycles. The Morgan fingerprint density at radius 1 is 1.65 bits per heavy atom. The Morgan fingerprint density at radius 2 is 2.40 bits per heavy atom. The number of aromatic carboxylic acids is 1. The molecule has 5 N–H and O–H groups in total. The summed E-state index contributed by atoms with van der Waals surface area (Å²) in [6.45, 7) is 0. The molecule has 0 amide bonds. The summed E-state index contributed by atoms with van der Waals surface area (Å²) >= 11 is 1.11. The molecule has 1 heterocycles. The number of nitrogens with two attached hydrogens (primary N) is 1. The number of benzene rings is 1. The van der Waals surface area contributed by atoms with Crippen molar-refractivity contribution in [3.63, 3.8) is 0 Å². The van der Waals surface area contributed by atoms with Crippen LogP contribution in [0.5, 0.6) is 5.75 Å². The van der Waals surface area contributed by atoms with Gasteiger partial charge in [-0.1, -0.05) is 12.1 Å². The fraction of sp³-hybridized carbons (Fsp3) is 0.182. The van der Waals surface area contributed by atoms with E-state index in [1.807, 2.05) is 0 Å². The second-order valence-electron chi connectivity index (χ2n) is 4.08. The summed E-state index contributed by atoms with van der Waals surface area (Å²) in [5.41, 5.74) is 0.707. The van der Waals surface area contributed by atoms with Gasteiger partial charge in [-0.3, -0.25) is 0 Å². The zero-order valence-electron chi connectivity index (χ0n) is 10.3. The van der Waals surface area contributed by atoms with E-state index in [1.165, 1.54) is 6.07 Å². The van der Waals surface area contributed by atoms with E-state index in [0.717, 1.165) is 18.0 Å². The lowest BCUT2D eigenvalue weighted by molar-refractivity contribution is 0.0694. The van der Waals surface area contributed by atoms with Crippen molar-refractivity contribution in [2.24, 2.45) is 10.9 Å². The number of thioether (sulfide) groups is 1. The summed E-state index contributed by atoms with van der Waals surface area (Å²) < 4.78 is 5.31. The first-order chi connectivity index (χ1) is 9.56. The summed E-state index contributed by atoms with van der Waals surface area (Å²) in [5.74, 6) is 4.20. The Hall–Kier alpha value is -2.00. The average Bonchev–Trinajstić information content (AvgIpc) is 2.44. The highest BCUT2D eigenvalue weighted by Crippen LogP contribution is 2.34. The van der Waals surface area contributed by atoms with Gasteiger partial charge in [-0.15, -0.1) is 11.8 Å². The number of rotatable bonds is 3. The van der Waals surface area contributed by atoms with Gasteiger partial charge in [-0.25, -0.2) is 4.79 Å². The van der Waals surface area contributed by atoms with Gasteiger partial charge in [-0.2, -0.15) is 5.10 Å². The van der Waals surface area contributed by atoms with Gasteiger partial charge in [-0.05, 0) is 18.1 Å². The number of hydrogen-bond acceptors (Lipinski definition) is 7. The smallest absolute Gasteiger partial charge is 0.535 e. The Morgan fingerprint density at radius 3 is 3.00 bits per heavy atom. The maximum atomic E-state index is 11.1. The lowest BCUT2D eigenvalue weighted by Crippen LogP contribution is -2.41. The summed E-state index contributed by atoms with van der Waals surface area (Å²) in [6, 6.07) is 4.79. The Labute approximate surface area is 119 Å². The molecule has 0 spiro atoms. The van der Waals surface area contributed by atoms with Crippen LogP contribution >= 0.6 is 11.8 Å². The highest BCUT2D eigenvalue weighted by atomic mass is 32.2. The minimum absolute atomic E-state index is 0.0183. The maximum absolute atomic E-state index is 11.1. The third kappa shape index (κ3) is 2.78. The van der Waals surface area contributed by atoms with E-state index in [2.05, 4.69) is 5.10 Å². The van der Waals surface area contributed by atoms with Crippen LogP contribution in [0.25, 0.3) is 0 Å². The first kappa shape index (κ1) is 14.4. The number of hydrazone groups is 1. The molecule has 9 heteroatoms. The van der Waals surface area contributed by atoms with Crippen LogP contribution in [-0.2, 0) is 6.42 Å². The van der Waals surface area contributed by atoms with Crippen LogP contribution in [-0.4, -0.2) is 39.6 Å². The monoisotopic (exact) mass is 293 g/mol. The molecule has 20 heavy (non-hydrogen) atoms. The first-order valence-electron chi connectivity index (χ1n) is 5.71. The summed E-state index contributed by atoms with van der Waals surface area (Å²) in [5, 5.41) is 29.4. The number of fused-ring (bicyclic) bond motifs is 1. The fourth-order valence-corrected chi connectivity index (χ4v) is 2.80. The number of nitrogens with one attached hydrogen (secondary N) is 1. The molecule has 1 unspecified atom stereocenters. The van der Waals surface area contributed by atoms with E-state index in [9.17, 15) is 9.82 Å². The van der Waals surface area contributed by atoms with Crippen molar-refractivity contribution in [2.45, 2.75) is 11.6 Å². The largest absolute Gasteiger partial charge is 0.537 e. The molecule has 0 saturated heterocycles. The van der Waals surface area contributed by atoms with Gasteiger partial charge in [0.15, 0.2) is 0 Å². The number of carboxylic acid groups (broad SMARTS) is 1. The molecule has 1 aliphatic rings. The van der Waals surface area contributed by atoms with Crippen LogP contribution in [0.2, 0.25) is 0 Å². The van der Waals surface area contributed by atoms with E-state index in [0.29, 0.717) is 12.0 Å². The molecule has 1 aliphatic heterocycles. The van der Waals surface area contributed by atoms with Crippen molar-refractivity contribution in [3.8, 4) is 5.75 Å². The van der Waals surface area contributed by atoms with Crippen LogP contribution in [0.15, 0.2) is 23.3 Å². The maximum Gasteiger partial charge on any atom is 0.537 e. The number of carboxylic acids is 1. The van der Waals surface area contributed by atoms with Crippen LogP contribution < -0.4 is 10.5 Å². The van der Waals surface area contributed by atoms with Gasteiger partial charge >= 0.3 is 13.1 Å². The second-order valence-corrected chi connectivity index (χ2v) is 5.34. The van der Waals surface area contributed by atoms with Gasteiger partial charge in [0.25, 0.3) is 0 Å². The third-order valence-corrected chi connectivity index (χ3v) is 3.99. The van der Waals surface area contributed by atoms with Gasteiger partial charge < -0.3 is 26.0 Å². The molecule has 0 radical (unpaired) electrons. The van der Waals surface area contributed by atoms with Crippen LogP contribution in [0.4, 0.5) is 0 Å². The Balaban J connectivity index is 2.28. The van der Waals surface area contributed by atoms with E-state index in [1.54, 1.807) is 12.1 Å². The van der Waals surface area contributed by atoms with Gasteiger partial charge in [0.05, 0.1) is 16.9 Å². The third-order valence-electron chi connectivity index (χ3n) is 2.83. The fourth-order valence-electron chi connectivity index (χ4n) is 1.92. The Kier molecular flexibility index (Phi) is 4.31. The molecular weight excluding hydrogens is 281 g/mol. The van der Waals surface area contributed by atoms with Crippen LogP contribution in [0.1, 0.15) is 15.9 Å². The van der Waals surface area contributed by atoms with E-state index in [4.69, 9.17) is 21.0 Å². The number of carbonyl (C=O) groups is 1.